The van der Waals surface area contributed by atoms with Crippen LogP contribution in [0, 0.1) is 22.8 Å². The van der Waals surface area contributed by atoms with Crippen molar-refractivity contribution >= 4 is 41.8 Å². The summed E-state index contributed by atoms with van der Waals surface area (Å²) in [6, 6.07) is -1.26. The lowest BCUT2D eigenvalue weighted by atomic mass is 9.76. The smallest absolute Gasteiger partial charge is 0.353 e. The number of nitrogens with zero attached hydrogens (tertiary/aromatic N) is 4. The number of carbonyl (C=O) groups is 4. The molecule has 0 saturated carbocycles. The molecular weight excluding hydrogens is 562 g/mol. The summed E-state index contributed by atoms with van der Waals surface area (Å²) in [6.45, 7) is 6.48. The van der Waals surface area contributed by atoms with Crippen molar-refractivity contribution in [1.82, 2.24) is 30.8 Å². The van der Waals surface area contributed by atoms with Crippen molar-refractivity contribution in [3.05, 3.63) is 10.6 Å². The molecule has 1 spiro atoms. The number of piperidine rings is 1. The van der Waals surface area contributed by atoms with Crippen LogP contribution in [0.15, 0.2) is 15.8 Å². The highest BCUT2D eigenvalue weighted by Gasteiger charge is 2.61. The van der Waals surface area contributed by atoms with Crippen molar-refractivity contribution in [3.8, 4) is 0 Å². The number of likely N-dealkylation sites (tertiary alicyclic amines) is 1. The lowest BCUT2D eigenvalue weighted by molar-refractivity contribution is -0.158. The molecule has 0 aliphatic carbocycles. The Labute approximate surface area is 249 Å². The fourth-order valence-electron chi connectivity index (χ4n) is 7.44. The van der Waals surface area contributed by atoms with Gasteiger partial charge in [-0.2, -0.15) is 5.53 Å². The van der Waals surface area contributed by atoms with Gasteiger partial charge in [-0.15, -0.1) is 11.8 Å². The van der Waals surface area contributed by atoms with Gasteiger partial charge < -0.3 is 30.9 Å². The van der Waals surface area contributed by atoms with E-state index in [2.05, 4.69) is 21.2 Å². The Hall–Kier alpha value is -3.04. The molecule has 0 radical (unpaired) electrons. The van der Waals surface area contributed by atoms with Gasteiger partial charge >= 0.3 is 5.97 Å². The molecule has 4 saturated heterocycles. The molecule has 0 bridgehead atoms. The Kier molecular flexibility index (Phi) is 8.90. The van der Waals surface area contributed by atoms with Crippen LogP contribution in [0.2, 0.25) is 0 Å². The van der Waals surface area contributed by atoms with Gasteiger partial charge in [-0.05, 0) is 52.0 Å². The van der Waals surface area contributed by atoms with Crippen molar-refractivity contribution in [2.75, 3.05) is 32.7 Å². The minimum absolute atomic E-state index is 0.00455. The van der Waals surface area contributed by atoms with Crippen LogP contribution in [0.25, 0.3) is 0 Å². The van der Waals surface area contributed by atoms with Crippen LogP contribution < -0.4 is 16.0 Å². The van der Waals surface area contributed by atoms with Gasteiger partial charge in [0, 0.05) is 47.3 Å². The van der Waals surface area contributed by atoms with Crippen molar-refractivity contribution < 1.29 is 24.3 Å². The predicted octanol–water partition coefficient (Wildman–Crippen LogP) is 0.717. The van der Waals surface area contributed by atoms with Crippen LogP contribution in [0.4, 0.5) is 0 Å². The Balaban J connectivity index is 1.22. The van der Waals surface area contributed by atoms with Gasteiger partial charge in [0.15, 0.2) is 0 Å². The average Bonchev–Trinajstić information content (AvgIpc) is 3.69. The molecule has 42 heavy (non-hydrogen) atoms. The largest absolute Gasteiger partial charge is 0.477 e. The number of rotatable bonds is 11. The number of β-lactam (4-membered cyclic amide) rings is 1. The van der Waals surface area contributed by atoms with Crippen molar-refractivity contribution in [3.63, 3.8) is 0 Å². The van der Waals surface area contributed by atoms with Gasteiger partial charge in [0.05, 0.1) is 18.0 Å². The average molecular weight is 604 g/mol. The summed E-state index contributed by atoms with van der Waals surface area (Å²) in [5.41, 5.74) is 7.22. The van der Waals surface area contributed by atoms with Crippen molar-refractivity contribution in [2.45, 2.75) is 81.3 Å². The van der Waals surface area contributed by atoms with Gasteiger partial charge in [0.25, 0.3) is 0 Å². The summed E-state index contributed by atoms with van der Waals surface area (Å²) in [5, 5.41) is 31.0. The first kappa shape index (κ1) is 30.4. The highest BCUT2D eigenvalue weighted by molar-refractivity contribution is 8.03. The van der Waals surface area contributed by atoms with E-state index >= 15 is 0 Å². The van der Waals surface area contributed by atoms with Crippen LogP contribution >= 0.6 is 11.8 Å². The normalized spacial score (nSPS) is 30.6. The maximum atomic E-state index is 13.4. The van der Waals surface area contributed by atoms with E-state index < -0.39 is 23.8 Å². The van der Waals surface area contributed by atoms with E-state index in [0.717, 1.165) is 43.8 Å². The Morgan fingerprint density at radius 2 is 2.05 bits per heavy atom. The molecule has 230 valence electrons. The number of thioether (sulfide) groups is 1. The summed E-state index contributed by atoms with van der Waals surface area (Å²) in [4.78, 5) is 55.5. The van der Waals surface area contributed by atoms with E-state index in [1.807, 2.05) is 11.8 Å². The van der Waals surface area contributed by atoms with E-state index in [4.69, 9.17) is 10.9 Å². The minimum atomic E-state index is -1.15. The Bertz CT molecular complexity index is 1160. The molecule has 5 heterocycles. The summed E-state index contributed by atoms with van der Waals surface area (Å²) in [5.74, 6) is -2.67. The Morgan fingerprint density at radius 3 is 2.64 bits per heavy atom. The first-order valence-corrected chi connectivity index (χ1v) is 15.7. The first-order chi connectivity index (χ1) is 20.1. The van der Waals surface area contributed by atoms with Gasteiger partial charge in [-0.1, -0.05) is 12.1 Å². The number of amides is 3. The topological polar surface area (TPSA) is 194 Å². The third-order valence-electron chi connectivity index (χ3n) is 9.61. The van der Waals surface area contributed by atoms with Crippen molar-refractivity contribution in [1.29, 1.82) is 10.9 Å². The summed E-state index contributed by atoms with van der Waals surface area (Å²) in [7, 11) is 0. The van der Waals surface area contributed by atoms with Gasteiger partial charge in [-0.25, -0.2) is 9.80 Å². The second kappa shape index (κ2) is 12.3. The molecule has 4 fully saturated rings. The van der Waals surface area contributed by atoms with Crippen LogP contribution in [0.5, 0.6) is 0 Å². The van der Waals surface area contributed by atoms with Crippen LogP contribution in [-0.2, 0) is 19.2 Å². The number of fused-ring (bicyclic) bond motifs is 1. The number of nitrogens with one attached hydrogen (secondary N) is 5. The quantitative estimate of drug-likeness (QED) is 0.0648. The van der Waals surface area contributed by atoms with Crippen LogP contribution in [0.1, 0.15) is 52.4 Å². The molecule has 3 amide bonds. The zero-order chi connectivity index (χ0) is 30.2. The number of carbonyl (C=O) groups excluding carboxylic acids is 3. The van der Waals surface area contributed by atoms with E-state index in [0.29, 0.717) is 24.3 Å². The summed E-state index contributed by atoms with van der Waals surface area (Å²) < 4.78 is 0. The SMILES string of the molecule is CCC1C(S[C@@H]2CN[C@H](C(=O)N3CCC4(CCCN4)CC3)C2)=C(C(=O)O)N2C(=O)C([C@@H](C)NC(=O)CN(C=N)N=N)C12. The van der Waals surface area contributed by atoms with Crippen LogP contribution in [-0.4, -0.2) is 112 Å². The maximum Gasteiger partial charge on any atom is 0.353 e. The monoisotopic (exact) mass is 603 g/mol. The van der Waals surface area contributed by atoms with Gasteiger partial charge in [-0.3, -0.25) is 19.8 Å². The summed E-state index contributed by atoms with van der Waals surface area (Å²) in [6.07, 6.45) is 6.29. The third-order valence-corrected chi connectivity index (χ3v) is 11.1. The number of carboxylic acid groups (broad SMARTS) is 1. The third kappa shape index (κ3) is 5.53. The molecular formula is C27H41N9O5S. The molecule has 6 N–H and O–H groups in total. The summed E-state index contributed by atoms with van der Waals surface area (Å²) >= 11 is 1.47. The number of aliphatic carboxylic acids is 1. The molecule has 15 heteroatoms. The second-order valence-corrected chi connectivity index (χ2v) is 13.4. The second-order valence-electron chi connectivity index (χ2n) is 12.0. The lowest BCUT2D eigenvalue weighted by Gasteiger charge is -2.48. The fraction of sp³-hybridized carbons (Fsp3) is 0.741. The fourth-order valence-corrected chi connectivity index (χ4v) is 9.04. The van der Waals surface area contributed by atoms with E-state index in [1.54, 1.807) is 6.92 Å². The number of hydrogen-bond acceptors (Lipinski definition) is 10. The van der Waals surface area contributed by atoms with E-state index in [-0.39, 0.29) is 52.8 Å². The van der Waals surface area contributed by atoms with Gasteiger partial charge in [0.1, 0.15) is 18.6 Å². The molecule has 0 aromatic heterocycles. The molecule has 5 aliphatic heterocycles. The standard InChI is InChI=1S/C27H41N9O5S/c1-3-17-21-20(15(2)32-19(37)13-35(14-28)33-29)25(39)36(21)22(26(40)41)23(17)42-16-11-18(30-12-16)24(38)34-9-6-27(7-10-34)5-4-8-31-27/h14-18,20-21,28-31H,3-13H2,1-2H3,(H,32,37)(H,40,41)/t15-,16+,17?,18+,20?,21?/m1/s1. The van der Waals surface area contributed by atoms with Gasteiger partial charge in [0.2, 0.25) is 17.7 Å². The molecule has 0 aromatic carbocycles. The molecule has 14 nitrogen and oxygen atoms in total. The van der Waals surface area contributed by atoms with E-state index in [1.165, 1.54) is 29.5 Å². The predicted molar refractivity (Wildman–Crippen MR) is 154 cm³/mol. The van der Waals surface area contributed by atoms with Crippen LogP contribution in [0.3, 0.4) is 0 Å². The van der Waals surface area contributed by atoms with E-state index in [9.17, 15) is 24.3 Å². The highest BCUT2D eigenvalue weighted by Crippen LogP contribution is 2.53. The molecule has 3 unspecified atom stereocenters. The molecule has 5 aliphatic rings. The molecule has 5 rings (SSSR count). The molecule has 0 aromatic rings. The zero-order valence-electron chi connectivity index (χ0n) is 24.1. The number of carboxylic acids is 1. The first-order valence-electron chi connectivity index (χ1n) is 14.8. The van der Waals surface area contributed by atoms with Crippen molar-refractivity contribution in [2.24, 2.45) is 17.1 Å². The maximum absolute atomic E-state index is 13.4. The molecule has 6 atom stereocenters. The number of hydrogen-bond donors (Lipinski definition) is 6. The minimum Gasteiger partial charge on any atom is -0.477 e. The lowest BCUT2D eigenvalue weighted by Crippen LogP contribution is -2.66. The Morgan fingerprint density at radius 1 is 1.31 bits per heavy atom. The zero-order valence-corrected chi connectivity index (χ0v) is 24.9. The highest BCUT2D eigenvalue weighted by atomic mass is 32.2.